The zero-order chi connectivity index (χ0) is 17.4. The highest BCUT2D eigenvalue weighted by molar-refractivity contribution is 8.15. The SMILES string of the molecule is COc1ccc(NC(=O)C[C@@H]2SC(=NC3CC3)N(C3CC3)C2=O)cc1. The molecule has 0 bridgehead atoms. The van der Waals surface area contributed by atoms with Gasteiger partial charge in [-0.15, -0.1) is 0 Å². The fourth-order valence-electron chi connectivity index (χ4n) is 2.79. The minimum Gasteiger partial charge on any atom is -0.497 e. The van der Waals surface area contributed by atoms with E-state index >= 15 is 0 Å². The summed E-state index contributed by atoms with van der Waals surface area (Å²) in [6, 6.07) is 7.84. The van der Waals surface area contributed by atoms with Crippen molar-refractivity contribution in [1.29, 1.82) is 0 Å². The van der Waals surface area contributed by atoms with Gasteiger partial charge in [-0.3, -0.25) is 19.5 Å². The van der Waals surface area contributed by atoms with Crippen LogP contribution in [0.15, 0.2) is 29.3 Å². The van der Waals surface area contributed by atoms with Crippen molar-refractivity contribution in [2.24, 2.45) is 4.99 Å². The Bertz CT molecular complexity index is 711. The molecule has 1 aromatic carbocycles. The van der Waals surface area contributed by atoms with E-state index in [4.69, 9.17) is 4.74 Å². The highest BCUT2D eigenvalue weighted by Crippen LogP contribution is 2.40. The largest absolute Gasteiger partial charge is 0.497 e. The maximum atomic E-state index is 12.7. The van der Waals surface area contributed by atoms with Gasteiger partial charge in [0.2, 0.25) is 11.8 Å². The van der Waals surface area contributed by atoms with Gasteiger partial charge >= 0.3 is 0 Å². The summed E-state index contributed by atoms with van der Waals surface area (Å²) in [4.78, 5) is 31.6. The third-order valence-electron chi connectivity index (χ3n) is 4.46. The first-order valence-corrected chi connectivity index (χ1v) is 9.53. The molecule has 6 nitrogen and oxygen atoms in total. The van der Waals surface area contributed by atoms with Crippen LogP contribution < -0.4 is 10.1 Å². The predicted octanol–water partition coefficient (Wildman–Crippen LogP) is 2.65. The van der Waals surface area contributed by atoms with Gasteiger partial charge in [-0.05, 0) is 49.9 Å². The van der Waals surface area contributed by atoms with E-state index in [0.717, 1.165) is 36.6 Å². The molecule has 132 valence electrons. The lowest BCUT2D eigenvalue weighted by Crippen LogP contribution is -2.35. The highest BCUT2D eigenvalue weighted by atomic mass is 32.2. The van der Waals surface area contributed by atoms with Crippen LogP contribution in [0.3, 0.4) is 0 Å². The number of nitrogens with zero attached hydrogens (tertiary/aromatic N) is 2. The molecule has 7 heteroatoms. The Morgan fingerprint density at radius 3 is 2.60 bits per heavy atom. The topological polar surface area (TPSA) is 71.0 Å². The second kappa shape index (κ2) is 6.71. The molecule has 2 saturated carbocycles. The van der Waals surface area contributed by atoms with Crippen molar-refractivity contribution in [2.75, 3.05) is 12.4 Å². The second-order valence-electron chi connectivity index (χ2n) is 6.67. The maximum Gasteiger partial charge on any atom is 0.242 e. The minimum atomic E-state index is -0.364. The first-order chi connectivity index (χ1) is 12.1. The van der Waals surface area contributed by atoms with Crippen molar-refractivity contribution >= 4 is 34.4 Å². The van der Waals surface area contributed by atoms with E-state index in [9.17, 15) is 9.59 Å². The molecule has 3 aliphatic rings. The van der Waals surface area contributed by atoms with Crippen LogP contribution in [-0.4, -0.2) is 46.3 Å². The molecule has 1 heterocycles. The third-order valence-corrected chi connectivity index (χ3v) is 5.63. The summed E-state index contributed by atoms with van der Waals surface area (Å²) >= 11 is 1.45. The minimum absolute atomic E-state index is 0.0387. The van der Waals surface area contributed by atoms with E-state index in [1.807, 2.05) is 4.90 Å². The van der Waals surface area contributed by atoms with E-state index in [2.05, 4.69) is 10.3 Å². The number of amides is 2. The number of carbonyl (C=O) groups is 2. The Morgan fingerprint density at radius 1 is 1.28 bits per heavy atom. The lowest BCUT2D eigenvalue weighted by Gasteiger charge is -2.15. The van der Waals surface area contributed by atoms with E-state index < -0.39 is 0 Å². The molecule has 4 rings (SSSR count). The number of thioether (sulfide) groups is 1. The van der Waals surface area contributed by atoms with Gasteiger partial charge in [0.05, 0.1) is 13.2 Å². The Morgan fingerprint density at radius 2 is 2.00 bits per heavy atom. The first-order valence-electron chi connectivity index (χ1n) is 8.65. The standard InChI is InChI=1S/C18H21N3O3S/c1-24-14-8-4-11(5-9-14)19-16(22)10-15-17(23)21(13-6-7-13)18(25-15)20-12-2-3-12/h4-5,8-9,12-13,15H,2-3,6-7,10H2,1H3,(H,19,22)/t15-/m0/s1. The summed E-state index contributed by atoms with van der Waals surface area (Å²) in [5.41, 5.74) is 0.701. The average Bonchev–Trinajstić information content (AvgIpc) is 3.51. The Labute approximate surface area is 151 Å². The van der Waals surface area contributed by atoms with Gasteiger partial charge in [-0.25, -0.2) is 0 Å². The predicted molar refractivity (Wildman–Crippen MR) is 97.9 cm³/mol. The van der Waals surface area contributed by atoms with Crippen molar-refractivity contribution in [1.82, 2.24) is 4.90 Å². The van der Waals surface area contributed by atoms with Crippen LogP contribution in [0.5, 0.6) is 5.75 Å². The summed E-state index contributed by atoms with van der Waals surface area (Å²) in [6.07, 6.45) is 4.47. The van der Waals surface area contributed by atoms with Gasteiger partial charge in [0.15, 0.2) is 5.17 Å². The third kappa shape index (κ3) is 3.81. The molecule has 1 aliphatic heterocycles. The average molecular weight is 359 g/mol. The normalized spacial score (nSPS) is 24.7. The number of hydrogen-bond donors (Lipinski definition) is 1. The molecule has 1 N–H and O–H groups in total. The first kappa shape index (κ1) is 16.4. The lowest BCUT2D eigenvalue weighted by molar-refractivity contribution is -0.128. The smallest absolute Gasteiger partial charge is 0.242 e. The molecule has 0 unspecified atom stereocenters. The van der Waals surface area contributed by atoms with E-state index in [1.165, 1.54) is 11.8 Å². The van der Waals surface area contributed by atoms with Crippen LogP contribution >= 0.6 is 11.8 Å². The second-order valence-corrected chi connectivity index (χ2v) is 7.84. The molecule has 1 atom stereocenters. The van der Waals surface area contributed by atoms with E-state index in [-0.39, 0.29) is 23.5 Å². The van der Waals surface area contributed by atoms with Crippen LogP contribution in [0.2, 0.25) is 0 Å². The summed E-state index contributed by atoms with van der Waals surface area (Å²) < 4.78 is 5.11. The number of hydrogen-bond acceptors (Lipinski definition) is 5. The summed E-state index contributed by atoms with van der Waals surface area (Å²) in [6.45, 7) is 0. The number of benzene rings is 1. The number of ether oxygens (including phenoxy) is 1. The number of anilines is 1. The number of carbonyl (C=O) groups excluding carboxylic acids is 2. The molecule has 2 amide bonds. The number of nitrogens with one attached hydrogen (secondary N) is 1. The van der Waals surface area contributed by atoms with Crippen LogP contribution in [0.25, 0.3) is 0 Å². The van der Waals surface area contributed by atoms with Crippen molar-refractivity contribution in [3.8, 4) is 5.75 Å². The molecular formula is C18H21N3O3S. The Kier molecular flexibility index (Phi) is 4.41. The van der Waals surface area contributed by atoms with Crippen molar-refractivity contribution in [2.45, 2.75) is 49.4 Å². The molecule has 0 aromatic heterocycles. The van der Waals surface area contributed by atoms with Gasteiger partial charge in [0, 0.05) is 18.2 Å². The van der Waals surface area contributed by atoms with Gasteiger partial charge in [-0.1, -0.05) is 11.8 Å². The molecule has 0 radical (unpaired) electrons. The van der Waals surface area contributed by atoms with Crippen molar-refractivity contribution in [3.63, 3.8) is 0 Å². The zero-order valence-corrected chi connectivity index (χ0v) is 14.9. The molecule has 2 aliphatic carbocycles. The number of methoxy groups -OCH3 is 1. The molecule has 25 heavy (non-hydrogen) atoms. The van der Waals surface area contributed by atoms with Gasteiger partial charge in [-0.2, -0.15) is 0 Å². The van der Waals surface area contributed by atoms with Crippen LogP contribution in [0.1, 0.15) is 32.1 Å². The number of amidine groups is 1. The van der Waals surface area contributed by atoms with Crippen LogP contribution in [0.4, 0.5) is 5.69 Å². The highest BCUT2D eigenvalue weighted by Gasteiger charge is 2.46. The van der Waals surface area contributed by atoms with Crippen LogP contribution in [0, 0.1) is 0 Å². The molecule has 1 saturated heterocycles. The lowest BCUT2D eigenvalue weighted by atomic mass is 10.2. The zero-order valence-electron chi connectivity index (χ0n) is 14.1. The number of aliphatic imine (C=N–C) groups is 1. The molecule has 3 fully saturated rings. The summed E-state index contributed by atoms with van der Waals surface area (Å²) in [5.74, 6) is 0.622. The van der Waals surface area contributed by atoms with Crippen molar-refractivity contribution in [3.05, 3.63) is 24.3 Å². The summed E-state index contributed by atoms with van der Waals surface area (Å²) in [5, 5.41) is 3.32. The fraction of sp³-hybridized carbons (Fsp3) is 0.500. The summed E-state index contributed by atoms with van der Waals surface area (Å²) in [7, 11) is 1.60. The molecule has 0 spiro atoms. The van der Waals surface area contributed by atoms with Gasteiger partial charge in [0.1, 0.15) is 11.0 Å². The van der Waals surface area contributed by atoms with Gasteiger partial charge in [0.25, 0.3) is 0 Å². The quantitative estimate of drug-likeness (QED) is 0.848. The molecule has 1 aromatic rings. The molecular weight excluding hydrogens is 338 g/mol. The number of rotatable bonds is 6. The maximum absolute atomic E-state index is 12.7. The monoisotopic (exact) mass is 359 g/mol. The van der Waals surface area contributed by atoms with E-state index in [1.54, 1.807) is 31.4 Å². The fourth-order valence-corrected chi connectivity index (χ4v) is 4.05. The Hall–Kier alpha value is -2.02. The van der Waals surface area contributed by atoms with Gasteiger partial charge < -0.3 is 10.1 Å². The van der Waals surface area contributed by atoms with E-state index in [0.29, 0.717) is 17.8 Å². The van der Waals surface area contributed by atoms with Crippen LogP contribution in [-0.2, 0) is 9.59 Å². The Balaban J connectivity index is 1.39. The van der Waals surface area contributed by atoms with Crippen molar-refractivity contribution < 1.29 is 14.3 Å².